The lowest BCUT2D eigenvalue weighted by Crippen LogP contribution is -2.32. The lowest BCUT2D eigenvalue weighted by atomic mass is 9.78. The molecule has 0 heterocycles. The molecule has 15 heavy (non-hydrogen) atoms. The highest BCUT2D eigenvalue weighted by molar-refractivity contribution is 5.81. The van der Waals surface area contributed by atoms with Gasteiger partial charge in [-0.3, -0.25) is 9.59 Å². The van der Waals surface area contributed by atoms with Gasteiger partial charge in [0.05, 0.1) is 11.8 Å². The fraction of sp³-hybridized carbons (Fsp3) is 0.455. The van der Waals surface area contributed by atoms with E-state index < -0.39 is 23.8 Å². The summed E-state index contributed by atoms with van der Waals surface area (Å²) in [4.78, 5) is 21.7. The third-order valence-electron chi connectivity index (χ3n) is 2.65. The predicted molar refractivity (Wildman–Crippen MR) is 54.3 cm³/mol. The van der Waals surface area contributed by atoms with Crippen LogP contribution in [0.5, 0.6) is 0 Å². The number of aliphatic carboxylic acids is 2. The molecule has 0 saturated heterocycles. The monoisotopic (exact) mass is 210 g/mol. The van der Waals surface area contributed by atoms with Crippen molar-refractivity contribution in [3.63, 3.8) is 0 Å². The van der Waals surface area contributed by atoms with Crippen LogP contribution in [0.25, 0.3) is 0 Å². The van der Waals surface area contributed by atoms with Gasteiger partial charge >= 0.3 is 11.9 Å². The second kappa shape index (κ2) is 4.77. The van der Waals surface area contributed by atoms with Gasteiger partial charge in [0.1, 0.15) is 0 Å². The third kappa shape index (κ3) is 2.68. The second-order valence-electron chi connectivity index (χ2n) is 3.71. The van der Waals surface area contributed by atoms with Gasteiger partial charge in [0.25, 0.3) is 0 Å². The molecule has 82 valence electrons. The minimum Gasteiger partial charge on any atom is -0.481 e. The highest BCUT2D eigenvalue weighted by Gasteiger charge is 2.35. The lowest BCUT2D eigenvalue weighted by molar-refractivity contribution is -0.152. The van der Waals surface area contributed by atoms with E-state index in [1.54, 1.807) is 12.2 Å². The standard InChI is InChI=1S/C11H14O4/c1-2-3-7-4-5-8(10(12)13)9(6-7)11(14)15/h2,4-5,7-9H,1,3,6H2,(H,12,13)(H,14,15). The van der Waals surface area contributed by atoms with E-state index in [2.05, 4.69) is 6.58 Å². The molecule has 2 N–H and O–H groups in total. The highest BCUT2D eigenvalue weighted by Crippen LogP contribution is 2.30. The molecule has 0 fully saturated rings. The zero-order chi connectivity index (χ0) is 11.4. The molecule has 0 amide bonds. The summed E-state index contributed by atoms with van der Waals surface area (Å²) in [5.41, 5.74) is 0. The van der Waals surface area contributed by atoms with Crippen LogP contribution in [0.3, 0.4) is 0 Å². The summed E-state index contributed by atoms with van der Waals surface area (Å²) in [6.07, 6.45) is 6.04. The molecule has 1 rings (SSSR count). The van der Waals surface area contributed by atoms with Crippen molar-refractivity contribution in [1.29, 1.82) is 0 Å². The molecular formula is C11H14O4. The molecular weight excluding hydrogens is 196 g/mol. The number of carbonyl (C=O) groups is 2. The van der Waals surface area contributed by atoms with Gasteiger partial charge in [-0.15, -0.1) is 6.58 Å². The van der Waals surface area contributed by atoms with E-state index >= 15 is 0 Å². The van der Waals surface area contributed by atoms with Crippen molar-refractivity contribution in [3.8, 4) is 0 Å². The van der Waals surface area contributed by atoms with Gasteiger partial charge in [-0.05, 0) is 18.8 Å². The fourth-order valence-electron chi connectivity index (χ4n) is 1.86. The molecule has 0 aromatic carbocycles. The Morgan fingerprint density at radius 2 is 2.00 bits per heavy atom. The highest BCUT2D eigenvalue weighted by atomic mass is 16.4. The average molecular weight is 210 g/mol. The van der Waals surface area contributed by atoms with Crippen molar-refractivity contribution in [2.45, 2.75) is 12.8 Å². The molecule has 0 radical (unpaired) electrons. The zero-order valence-electron chi connectivity index (χ0n) is 8.30. The molecule has 0 bridgehead atoms. The minimum absolute atomic E-state index is 0.0965. The summed E-state index contributed by atoms with van der Waals surface area (Å²) in [7, 11) is 0. The van der Waals surface area contributed by atoms with Crippen LogP contribution >= 0.6 is 0 Å². The number of allylic oxidation sites excluding steroid dienone is 2. The number of carboxylic acid groups (broad SMARTS) is 2. The molecule has 1 aliphatic rings. The minimum atomic E-state index is -1.07. The van der Waals surface area contributed by atoms with Crippen LogP contribution in [0.1, 0.15) is 12.8 Å². The summed E-state index contributed by atoms with van der Waals surface area (Å²) in [5.74, 6) is -3.74. The van der Waals surface area contributed by atoms with E-state index in [-0.39, 0.29) is 5.92 Å². The van der Waals surface area contributed by atoms with Gasteiger partial charge in [0, 0.05) is 0 Å². The van der Waals surface area contributed by atoms with Crippen molar-refractivity contribution in [1.82, 2.24) is 0 Å². The largest absolute Gasteiger partial charge is 0.481 e. The Kier molecular flexibility index (Phi) is 3.66. The topological polar surface area (TPSA) is 74.6 Å². The zero-order valence-corrected chi connectivity index (χ0v) is 8.30. The molecule has 4 heteroatoms. The van der Waals surface area contributed by atoms with Crippen LogP contribution in [0.2, 0.25) is 0 Å². The first-order chi connectivity index (χ1) is 7.06. The Labute approximate surface area is 87.9 Å². The van der Waals surface area contributed by atoms with Crippen molar-refractivity contribution < 1.29 is 19.8 Å². The lowest BCUT2D eigenvalue weighted by Gasteiger charge is -2.25. The Bertz CT molecular complexity index is 306. The maximum absolute atomic E-state index is 10.9. The second-order valence-corrected chi connectivity index (χ2v) is 3.71. The summed E-state index contributed by atoms with van der Waals surface area (Å²) in [6, 6.07) is 0. The van der Waals surface area contributed by atoms with Gasteiger partial charge in [0.2, 0.25) is 0 Å². The molecule has 3 atom stereocenters. The predicted octanol–water partition coefficient (Wildman–Crippen LogP) is 1.54. The average Bonchev–Trinajstić information content (AvgIpc) is 2.17. The quantitative estimate of drug-likeness (QED) is 0.690. The van der Waals surface area contributed by atoms with Crippen LogP contribution in [0, 0.1) is 17.8 Å². The maximum Gasteiger partial charge on any atom is 0.311 e. The summed E-state index contributed by atoms with van der Waals surface area (Å²) in [6.45, 7) is 3.58. The van der Waals surface area contributed by atoms with Crippen LogP contribution < -0.4 is 0 Å². The van der Waals surface area contributed by atoms with Crippen molar-refractivity contribution >= 4 is 11.9 Å². The van der Waals surface area contributed by atoms with Gasteiger partial charge in [-0.2, -0.15) is 0 Å². The molecule has 0 spiro atoms. The van der Waals surface area contributed by atoms with Crippen molar-refractivity contribution in [2.24, 2.45) is 17.8 Å². The number of rotatable bonds is 4. The maximum atomic E-state index is 10.9. The third-order valence-corrected chi connectivity index (χ3v) is 2.65. The molecule has 0 saturated carbocycles. The van der Waals surface area contributed by atoms with E-state index in [9.17, 15) is 9.59 Å². The van der Waals surface area contributed by atoms with Gasteiger partial charge < -0.3 is 10.2 Å². The van der Waals surface area contributed by atoms with Crippen LogP contribution in [0.4, 0.5) is 0 Å². The Balaban J connectivity index is 2.82. The summed E-state index contributed by atoms with van der Waals surface area (Å²) in [5, 5.41) is 17.8. The molecule has 0 aliphatic heterocycles. The van der Waals surface area contributed by atoms with Gasteiger partial charge in [0.15, 0.2) is 0 Å². The van der Waals surface area contributed by atoms with Crippen LogP contribution in [0.15, 0.2) is 24.8 Å². The summed E-state index contributed by atoms with van der Waals surface area (Å²) < 4.78 is 0. The first kappa shape index (κ1) is 11.5. The fourth-order valence-corrected chi connectivity index (χ4v) is 1.86. The summed E-state index contributed by atoms with van der Waals surface area (Å²) >= 11 is 0. The molecule has 0 aromatic rings. The Hall–Kier alpha value is -1.58. The van der Waals surface area contributed by atoms with E-state index in [1.807, 2.05) is 0 Å². The van der Waals surface area contributed by atoms with E-state index in [4.69, 9.17) is 10.2 Å². The van der Waals surface area contributed by atoms with Gasteiger partial charge in [-0.25, -0.2) is 0 Å². The first-order valence-electron chi connectivity index (χ1n) is 4.81. The molecule has 0 aromatic heterocycles. The molecule has 1 aliphatic carbocycles. The van der Waals surface area contributed by atoms with Crippen LogP contribution in [-0.2, 0) is 9.59 Å². The van der Waals surface area contributed by atoms with Crippen molar-refractivity contribution in [3.05, 3.63) is 24.8 Å². The SMILES string of the molecule is C=CCC1C=CC(C(=O)O)C(C(=O)O)C1. The number of hydrogen-bond donors (Lipinski definition) is 2. The van der Waals surface area contributed by atoms with E-state index in [1.165, 1.54) is 6.08 Å². The normalized spacial score (nSPS) is 29.7. The number of carboxylic acids is 2. The van der Waals surface area contributed by atoms with Crippen LogP contribution in [-0.4, -0.2) is 22.2 Å². The Morgan fingerprint density at radius 1 is 1.33 bits per heavy atom. The van der Waals surface area contributed by atoms with Gasteiger partial charge in [-0.1, -0.05) is 18.2 Å². The van der Waals surface area contributed by atoms with Crippen molar-refractivity contribution in [2.75, 3.05) is 0 Å². The first-order valence-corrected chi connectivity index (χ1v) is 4.81. The van der Waals surface area contributed by atoms with E-state index in [0.29, 0.717) is 12.8 Å². The van der Waals surface area contributed by atoms with E-state index in [0.717, 1.165) is 0 Å². The smallest absolute Gasteiger partial charge is 0.311 e. The Morgan fingerprint density at radius 3 is 2.47 bits per heavy atom. The number of hydrogen-bond acceptors (Lipinski definition) is 2. The molecule has 3 unspecified atom stereocenters. The molecule has 4 nitrogen and oxygen atoms in total.